The summed E-state index contributed by atoms with van der Waals surface area (Å²) in [5, 5.41) is 5.87. The molecule has 0 aromatic heterocycles. The number of carbonyl (C=O) groups is 1. The number of alkyl halides is 2. The summed E-state index contributed by atoms with van der Waals surface area (Å²) in [5.74, 6) is -2.70. The number of rotatable bonds is 1. The third-order valence-electron chi connectivity index (χ3n) is 4.14. The third-order valence-corrected chi connectivity index (χ3v) is 4.14. The SMILES string of the molecule is CC(C)(C)OC(=O)N[C@@H]1CC(F)(F)CC12CCNCC2. The van der Waals surface area contributed by atoms with Crippen molar-refractivity contribution in [3.8, 4) is 0 Å². The van der Waals surface area contributed by atoms with Gasteiger partial charge in [-0.2, -0.15) is 0 Å². The monoisotopic (exact) mass is 290 g/mol. The second-order valence-electron chi connectivity index (χ2n) is 7.05. The Hall–Kier alpha value is -0.910. The number of ether oxygens (including phenoxy) is 1. The number of carbonyl (C=O) groups excluding carboxylic acids is 1. The lowest BCUT2D eigenvalue weighted by molar-refractivity contribution is -0.00757. The van der Waals surface area contributed by atoms with Crippen LogP contribution in [0.5, 0.6) is 0 Å². The van der Waals surface area contributed by atoms with Gasteiger partial charge in [-0.1, -0.05) is 0 Å². The minimum atomic E-state index is -2.70. The topological polar surface area (TPSA) is 50.4 Å². The smallest absolute Gasteiger partial charge is 0.407 e. The van der Waals surface area contributed by atoms with E-state index in [0.717, 1.165) is 13.1 Å². The van der Waals surface area contributed by atoms with Gasteiger partial charge in [-0.3, -0.25) is 0 Å². The fraction of sp³-hybridized carbons (Fsp3) is 0.929. The predicted molar refractivity (Wildman–Crippen MR) is 71.9 cm³/mol. The van der Waals surface area contributed by atoms with Crippen molar-refractivity contribution in [2.45, 2.75) is 64.0 Å². The normalized spacial score (nSPS) is 28.4. The Kier molecular flexibility index (Phi) is 3.97. The second-order valence-corrected chi connectivity index (χ2v) is 7.05. The van der Waals surface area contributed by atoms with Gasteiger partial charge in [-0.25, -0.2) is 13.6 Å². The van der Waals surface area contributed by atoms with Crippen LogP contribution >= 0.6 is 0 Å². The van der Waals surface area contributed by atoms with Crippen LogP contribution in [-0.2, 0) is 4.74 Å². The zero-order chi connectivity index (χ0) is 15.0. The first-order valence-electron chi connectivity index (χ1n) is 7.20. The van der Waals surface area contributed by atoms with E-state index in [9.17, 15) is 13.6 Å². The molecule has 1 saturated heterocycles. The zero-order valence-corrected chi connectivity index (χ0v) is 12.4. The predicted octanol–water partition coefficient (Wildman–Crippen LogP) is 2.68. The van der Waals surface area contributed by atoms with Crippen LogP contribution in [0.4, 0.5) is 13.6 Å². The molecule has 0 bridgehead atoms. The maximum atomic E-state index is 13.8. The first kappa shape index (κ1) is 15.5. The van der Waals surface area contributed by atoms with Crippen LogP contribution in [0.15, 0.2) is 0 Å². The van der Waals surface area contributed by atoms with Crippen LogP contribution in [0, 0.1) is 5.41 Å². The molecule has 1 amide bonds. The molecule has 6 heteroatoms. The molecule has 1 aliphatic heterocycles. The van der Waals surface area contributed by atoms with Gasteiger partial charge < -0.3 is 15.4 Å². The van der Waals surface area contributed by atoms with E-state index in [1.165, 1.54) is 0 Å². The van der Waals surface area contributed by atoms with E-state index >= 15 is 0 Å². The highest BCUT2D eigenvalue weighted by atomic mass is 19.3. The Balaban J connectivity index is 2.06. The molecule has 0 radical (unpaired) electrons. The molecule has 1 atom stereocenters. The van der Waals surface area contributed by atoms with Gasteiger partial charge in [0.2, 0.25) is 0 Å². The molecule has 1 heterocycles. The van der Waals surface area contributed by atoms with Crippen molar-refractivity contribution in [2.24, 2.45) is 5.41 Å². The summed E-state index contributed by atoms with van der Waals surface area (Å²) in [4.78, 5) is 11.9. The van der Waals surface area contributed by atoms with Crippen molar-refractivity contribution in [2.75, 3.05) is 13.1 Å². The molecular weight excluding hydrogens is 266 g/mol. The molecule has 20 heavy (non-hydrogen) atoms. The number of hydrogen-bond donors (Lipinski definition) is 2. The van der Waals surface area contributed by atoms with Gasteiger partial charge in [0.15, 0.2) is 0 Å². The van der Waals surface area contributed by atoms with Gasteiger partial charge in [0.25, 0.3) is 5.92 Å². The number of hydrogen-bond acceptors (Lipinski definition) is 3. The van der Waals surface area contributed by atoms with Crippen LogP contribution < -0.4 is 10.6 Å². The first-order chi connectivity index (χ1) is 9.12. The molecule has 1 spiro atoms. The molecular formula is C14H24F2N2O2. The minimum Gasteiger partial charge on any atom is -0.444 e. The molecule has 2 aliphatic rings. The quantitative estimate of drug-likeness (QED) is 0.780. The highest BCUT2D eigenvalue weighted by Gasteiger charge is 2.56. The number of nitrogens with one attached hydrogen (secondary N) is 2. The lowest BCUT2D eigenvalue weighted by Gasteiger charge is -2.39. The van der Waals surface area contributed by atoms with E-state index in [2.05, 4.69) is 10.6 Å². The van der Waals surface area contributed by atoms with Gasteiger partial charge >= 0.3 is 6.09 Å². The highest BCUT2D eigenvalue weighted by Crippen LogP contribution is 2.52. The van der Waals surface area contributed by atoms with Gasteiger partial charge in [-0.05, 0) is 52.1 Å². The van der Waals surface area contributed by atoms with E-state index in [1.807, 2.05) is 0 Å². The van der Waals surface area contributed by atoms with Crippen molar-refractivity contribution in [3.05, 3.63) is 0 Å². The van der Waals surface area contributed by atoms with E-state index < -0.39 is 29.1 Å². The average Bonchev–Trinajstić information content (AvgIpc) is 2.47. The fourth-order valence-electron chi connectivity index (χ4n) is 3.33. The Morgan fingerprint density at radius 1 is 1.30 bits per heavy atom. The molecule has 116 valence electrons. The Labute approximate surface area is 118 Å². The van der Waals surface area contributed by atoms with E-state index in [4.69, 9.17) is 4.74 Å². The summed E-state index contributed by atoms with van der Waals surface area (Å²) in [5.41, 5.74) is -1.11. The molecule has 2 N–H and O–H groups in total. The molecule has 1 saturated carbocycles. The molecule has 0 aromatic carbocycles. The summed E-state index contributed by atoms with van der Waals surface area (Å²) in [7, 11) is 0. The summed E-state index contributed by atoms with van der Waals surface area (Å²) >= 11 is 0. The summed E-state index contributed by atoms with van der Waals surface area (Å²) in [6.45, 7) is 6.73. The minimum absolute atomic E-state index is 0.137. The van der Waals surface area contributed by atoms with Crippen LogP contribution in [-0.4, -0.2) is 36.7 Å². The molecule has 2 fully saturated rings. The molecule has 4 nitrogen and oxygen atoms in total. The Morgan fingerprint density at radius 2 is 1.90 bits per heavy atom. The third kappa shape index (κ3) is 3.59. The van der Waals surface area contributed by atoms with E-state index in [1.54, 1.807) is 20.8 Å². The number of piperidine rings is 1. The lowest BCUT2D eigenvalue weighted by atomic mass is 9.74. The maximum absolute atomic E-state index is 13.8. The van der Waals surface area contributed by atoms with Crippen molar-refractivity contribution in [1.29, 1.82) is 0 Å². The number of halogens is 2. The largest absolute Gasteiger partial charge is 0.444 e. The van der Waals surface area contributed by atoms with E-state index in [-0.39, 0.29) is 12.8 Å². The lowest BCUT2D eigenvalue weighted by Crippen LogP contribution is -2.50. The maximum Gasteiger partial charge on any atom is 0.407 e. The molecule has 1 aliphatic carbocycles. The summed E-state index contributed by atoms with van der Waals surface area (Å²) < 4.78 is 32.8. The second kappa shape index (κ2) is 5.13. The number of alkyl carbamates (subject to hydrolysis) is 1. The first-order valence-corrected chi connectivity index (χ1v) is 7.20. The Bertz CT molecular complexity index is 374. The molecule has 0 unspecified atom stereocenters. The van der Waals surface area contributed by atoms with Gasteiger partial charge in [-0.15, -0.1) is 0 Å². The molecule has 2 rings (SSSR count). The standard InChI is InChI=1S/C14H24F2N2O2/c1-12(2,3)20-11(19)18-10-8-14(15,16)9-13(10)4-6-17-7-5-13/h10,17H,4-9H2,1-3H3,(H,18,19)/t10-/m1/s1. The van der Waals surface area contributed by atoms with Crippen LogP contribution in [0.25, 0.3) is 0 Å². The summed E-state index contributed by atoms with van der Waals surface area (Å²) in [6.07, 6.45) is 0.318. The number of amides is 1. The van der Waals surface area contributed by atoms with Crippen LogP contribution in [0.1, 0.15) is 46.5 Å². The van der Waals surface area contributed by atoms with Gasteiger partial charge in [0.1, 0.15) is 5.60 Å². The van der Waals surface area contributed by atoms with Crippen molar-refractivity contribution in [3.63, 3.8) is 0 Å². The fourth-order valence-corrected chi connectivity index (χ4v) is 3.33. The van der Waals surface area contributed by atoms with Gasteiger partial charge in [0, 0.05) is 18.9 Å². The van der Waals surface area contributed by atoms with Crippen molar-refractivity contribution in [1.82, 2.24) is 10.6 Å². The van der Waals surface area contributed by atoms with Crippen molar-refractivity contribution >= 4 is 6.09 Å². The van der Waals surface area contributed by atoms with Gasteiger partial charge in [0.05, 0.1) is 0 Å². The van der Waals surface area contributed by atoms with Crippen LogP contribution in [0.3, 0.4) is 0 Å². The summed E-state index contributed by atoms with van der Waals surface area (Å²) in [6, 6.07) is -0.505. The van der Waals surface area contributed by atoms with Crippen LogP contribution in [0.2, 0.25) is 0 Å². The average molecular weight is 290 g/mol. The van der Waals surface area contributed by atoms with E-state index in [0.29, 0.717) is 12.8 Å². The van der Waals surface area contributed by atoms with Crippen molar-refractivity contribution < 1.29 is 18.3 Å². The molecule has 0 aromatic rings. The highest BCUT2D eigenvalue weighted by molar-refractivity contribution is 5.68. The zero-order valence-electron chi connectivity index (χ0n) is 12.4. The Morgan fingerprint density at radius 3 is 2.45 bits per heavy atom.